The zero-order chi connectivity index (χ0) is 12.1. The lowest BCUT2D eigenvalue weighted by Gasteiger charge is -2.01. The Kier molecular flexibility index (Phi) is 15.1. The lowest BCUT2D eigenvalue weighted by molar-refractivity contribution is 0.405. The molecule has 0 amide bonds. The zero-order valence-corrected chi connectivity index (χ0v) is 11.2. The van der Waals surface area contributed by atoms with Gasteiger partial charge in [0.1, 0.15) is 0 Å². The highest BCUT2D eigenvalue weighted by Crippen LogP contribution is 2.21. The minimum absolute atomic E-state index is 0.533. The van der Waals surface area contributed by atoms with Crippen molar-refractivity contribution in [3.05, 3.63) is 24.3 Å². The molecular weight excluding hydrogens is 184 g/mol. The summed E-state index contributed by atoms with van der Waals surface area (Å²) in [6.45, 7) is 14.8. The van der Waals surface area contributed by atoms with Gasteiger partial charge in [0.2, 0.25) is 0 Å². The van der Waals surface area contributed by atoms with Crippen molar-refractivity contribution in [1.29, 1.82) is 0 Å². The Morgan fingerprint density at radius 1 is 1.33 bits per heavy atom. The van der Waals surface area contributed by atoms with E-state index < -0.39 is 0 Å². The van der Waals surface area contributed by atoms with Crippen molar-refractivity contribution >= 4 is 0 Å². The third-order valence-corrected chi connectivity index (χ3v) is 1.97. The monoisotopic (exact) mass is 212 g/mol. The molecule has 0 N–H and O–H groups in total. The molecule has 0 aromatic carbocycles. The third kappa shape index (κ3) is 11.4. The van der Waals surface area contributed by atoms with E-state index in [-0.39, 0.29) is 0 Å². The minimum atomic E-state index is 0.533. The molecule has 0 spiro atoms. The molecule has 1 atom stereocenters. The highest BCUT2D eigenvalue weighted by molar-refractivity contribution is 5.04. The maximum absolute atomic E-state index is 5.15. The summed E-state index contributed by atoms with van der Waals surface area (Å²) in [5, 5.41) is 0. The highest BCUT2D eigenvalue weighted by atomic mass is 16.6. The summed E-state index contributed by atoms with van der Waals surface area (Å²) in [4.78, 5) is 0. The van der Waals surface area contributed by atoms with Crippen LogP contribution in [-0.2, 0) is 4.74 Å². The topological polar surface area (TPSA) is 12.5 Å². The number of hydrogen-bond acceptors (Lipinski definition) is 1. The van der Waals surface area contributed by atoms with Crippen LogP contribution >= 0.6 is 0 Å². The Bertz CT molecular complexity index is 155. The second kappa shape index (κ2) is 13.4. The van der Waals surface area contributed by atoms with E-state index in [1.165, 1.54) is 5.57 Å². The summed E-state index contributed by atoms with van der Waals surface area (Å²) in [6, 6.07) is 0. The van der Waals surface area contributed by atoms with Crippen LogP contribution in [0.25, 0.3) is 0 Å². The first-order valence-electron chi connectivity index (χ1n) is 6.23. The van der Waals surface area contributed by atoms with Crippen LogP contribution in [0.4, 0.5) is 0 Å². The molecule has 0 aromatic rings. The molecule has 0 bridgehead atoms. The summed E-state index contributed by atoms with van der Waals surface area (Å²) >= 11 is 0. The molecule has 1 nitrogen and oxygen atoms in total. The SMILES string of the molecule is C=CCC/C(=C\C)CC1CO1.CC.CC. The maximum Gasteiger partial charge on any atom is 0.0846 e. The Morgan fingerprint density at radius 3 is 2.20 bits per heavy atom. The van der Waals surface area contributed by atoms with Crippen LogP contribution in [-0.4, -0.2) is 12.7 Å². The van der Waals surface area contributed by atoms with Gasteiger partial charge in [-0.05, 0) is 26.2 Å². The number of rotatable bonds is 5. The molecule has 1 fully saturated rings. The van der Waals surface area contributed by atoms with Gasteiger partial charge in [0.15, 0.2) is 0 Å². The van der Waals surface area contributed by atoms with Crippen molar-refractivity contribution in [2.24, 2.45) is 0 Å². The standard InChI is InChI=1S/C10H16O.2C2H6/c1-3-5-6-9(4-2)7-10-8-11-10;2*1-2/h3-4,10H,1,5-8H2,2H3;2*1-2H3/b9-4+;;. The molecule has 1 aliphatic heterocycles. The van der Waals surface area contributed by atoms with E-state index in [2.05, 4.69) is 19.6 Å². The summed E-state index contributed by atoms with van der Waals surface area (Å²) in [5.74, 6) is 0. The van der Waals surface area contributed by atoms with Gasteiger partial charge in [0.05, 0.1) is 12.7 Å². The lowest BCUT2D eigenvalue weighted by Crippen LogP contribution is -1.89. The zero-order valence-electron chi connectivity index (χ0n) is 11.2. The molecule has 0 aromatic heterocycles. The number of ether oxygens (including phenoxy) is 1. The molecular formula is C14H28O. The fourth-order valence-electron chi connectivity index (χ4n) is 1.13. The van der Waals surface area contributed by atoms with Crippen molar-refractivity contribution in [2.45, 2.75) is 60.0 Å². The molecule has 1 heterocycles. The molecule has 15 heavy (non-hydrogen) atoms. The van der Waals surface area contributed by atoms with E-state index in [9.17, 15) is 0 Å². The summed E-state index contributed by atoms with van der Waals surface area (Å²) in [7, 11) is 0. The molecule has 1 rings (SSSR count). The van der Waals surface area contributed by atoms with Gasteiger partial charge in [0, 0.05) is 0 Å². The number of hydrogen-bond donors (Lipinski definition) is 0. The molecule has 1 heteroatoms. The normalized spacial score (nSPS) is 17.9. The first-order chi connectivity index (χ1) is 7.36. The summed E-state index contributed by atoms with van der Waals surface area (Å²) < 4.78 is 5.15. The predicted molar refractivity (Wildman–Crippen MR) is 70.2 cm³/mol. The van der Waals surface area contributed by atoms with Gasteiger partial charge < -0.3 is 4.74 Å². The molecule has 1 aliphatic rings. The third-order valence-electron chi connectivity index (χ3n) is 1.97. The lowest BCUT2D eigenvalue weighted by atomic mass is 10.1. The van der Waals surface area contributed by atoms with Gasteiger partial charge in [-0.3, -0.25) is 0 Å². The van der Waals surface area contributed by atoms with Gasteiger partial charge in [-0.25, -0.2) is 0 Å². The minimum Gasteiger partial charge on any atom is -0.373 e. The molecule has 0 saturated carbocycles. The second-order valence-electron chi connectivity index (χ2n) is 2.93. The van der Waals surface area contributed by atoms with Gasteiger partial charge >= 0.3 is 0 Å². The van der Waals surface area contributed by atoms with Gasteiger partial charge in [0.25, 0.3) is 0 Å². The van der Waals surface area contributed by atoms with Gasteiger partial charge in [-0.2, -0.15) is 0 Å². The van der Waals surface area contributed by atoms with E-state index >= 15 is 0 Å². The van der Waals surface area contributed by atoms with Crippen molar-refractivity contribution in [1.82, 2.24) is 0 Å². The van der Waals surface area contributed by atoms with Crippen LogP contribution in [0.3, 0.4) is 0 Å². The highest BCUT2D eigenvalue weighted by Gasteiger charge is 2.22. The fraction of sp³-hybridized carbons (Fsp3) is 0.714. The largest absolute Gasteiger partial charge is 0.373 e. The van der Waals surface area contributed by atoms with Gasteiger partial charge in [-0.1, -0.05) is 45.4 Å². The molecule has 0 radical (unpaired) electrons. The smallest absolute Gasteiger partial charge is 0.0846 e. The Morgan fingerprint density at radius 2 is 1.87 bits per heavy atom. The molecule has 0 aliphatic carbocycles. The maximum atomic E-state index is 5.15. The van der Waals surface area contributed by atoms with Crippen LogP contribution in [0.5, 0.6) is 0 Å². The van der Waals surface area contributed by atoms with Crippen LogP contribution in [0, 0.1) is 0 Å². The Balaban J connectivity index is 0. The second-order valence-corrected chi connectivity index (χ2v) is 2.93. The van der Waals surface area contributed by atoms with Crippen LogP contribution in [0.15, 0.2) is 24.3 Å². The predicted octanol–water partition coefficient (Wildman–Crippen LogP) is 4.74. The van der Waals surface area contributed by atoms with E-state index in [1.807, 2.05) is 33.8 Å². The quantitative estimate of drug-likeness (QED) is 0.473. The first kappa shape index (κ1) is 16.9. The van der Waals surface area contributed by atoms with Crippen molar-refractivity contribution < 1.29 is 4.74 Å². The summed E-state index contributed by atoms with van der Waals surface area (Å²) in [5.41, 5.74) is 1.51. The molecule has 1 saturated heterocycles. The molecule has 90 valence electrons. The van der Waals surface area contributed by atoms with Crippen LogP contribution < -0.4 is 0 Å². The molecule has 1 unspecified atom stereocenters. The fourth-order valence-corrected chi connectivity index (χ4v) is 1.13. The van der Waals surface area contributed by atoms with Crippen LogP contribution in [0.1, 0.15) is 53.9 Å². The van der Waals surface area contributed by atoms with E-state index in [4.69, 9.17) is 4.74 Å². The van der Waals surface area contributed by atoms with Crippen molar-refractivity contribution in [3.8, 4) is 0 Å². The first-order valence-corrected chi connectivity index (χ1v) is 6.23. The van der Waals surface area contributed by atoms with E-state index in [1.54, 1.807) is 0 Å². The Hall–Kier alpha value is -0.560. The number of allylic oxidation sites excluding steroid dienone is 2. The average molecular weight is 212 g/mol. The number of epoxide rings is 1. The van der Waals surface area contributed by atoms with Gasteiger partial charge in [-0.15, -0.1) is 6.58 Å². The Labute approximate surface area is 96.2 Å². The van der Waals surface area contributed by atoms with Crippen LogP contribution in [0.2, 0.25) is 0 Å². The van der Waals surface area contributed by atoms with E-state index in [0.717, 1.165) is 25.9 Å². The van der Waals surface area contributed by atoms with E-state index in [0.29, 0.717) is 6.10 Å². The average Bonchev–Trinajstić information content (AvgIpc) is 3.13. The summed E-state index contributed by atoms with van der Waals surface area (Å²) in [6.07, 6.45) is 8.07. The van der Waals surface area contributed by atoms with Crippen molar-refractivity contribution in [2.75, 3.05) is 6.61 Å². The van der Waals surface area contributed by atoms with Crippen molar-refractivity contribution in [3.63, 3.8) is 0 Å².